The van der Waals surface area contributed by atoms with Crippen LogP contribution in [-0.2, 0) is 0 Å². The number of aliphatic hydroxyl groups is 1. The molecule has 3 heteroatoms. The molecule has 3 N–H and O–H groups in total. The molecule has 13 heavy (non-hydrogen) atoms. The van der Waals surface area contributed by atoms with Crippen molar-refractivity contribution in [2.75, 3.05) is 0 Å². The van der Waals surface area contributed by atoms with Gasteiger partial charge in [-0.15, -0.1) is 0 Å². The van der Waals surface area contributed by atoms with E-state index >= 15 is 0 Å². The predicted octanol–water partition coefficient (Wildman–Crippen LogP) is 1.60. The van der Waals surface area contributed by atoms with E-state index in [0.717, 1.165) is 0 Å². The molecule has 0 saturated heterocycles. The number of benzene rings is 1. The fourth-order valence-corrected chi connectivity index (χ4v) is 1.16. The molecular weight excluding hydrogens is 169 g/mol. The Labute approximate surface area is 77.2 Å². The fourth-order valence-electron chi connectivity index (χ4n) is 1.16. The number of hydrogen-bond acceptors (Lipinski definition) is 2. The molecule has 0 aliphatic carbocycles. The van der Waals surface area contributed by atoms with Crippen molar-refractivity contribution in [3.63, 3.8) is 0 Å². The van der Waals surface area contributed by atoms with Crippen molar-refractivity contribution in [1.29, 1.82) is 0 Å². The minimum atomic E-state index is -0.777. The van der Waals surface area contributed by atoms with Crippen LogP contribution < -0.4 is 5.73 Å². The van der Waals surface area contributed by atoms with Gasteiger partial charge in [-0.1, -0.05) is 19.1 Å². The van der Waals surface area contributed by atoms with E-state index in [-0.39, 0.29) is 11.9 Å². The summed E-state index contributed by atoms with van der Waals surface area (Å²) in [6.07, 6.45) is -0.113. The summed E-state index contributed by atoms with van der Waals surface area (Å²) in [6.45, 7) is 1.88. The molecule has 0 bridgehead atoms. The third-order valence-corrected chi connectivity index (χ3v) is 2.07. The zero-order chi connectivity index (χ0) is 9.84. The largest absolute Gasteiger partial charge is 0.387 e. The molecule has 0 saturated carbocycles. The molecule has 1 rings (SSSR count). The summed E-state index contributed by atoms with van der Waals surface area (Å²) in [6, 6.07) is 5.55. The molecule has 0 amide bonds. The third-order valence-electron chi connectivity index (χ3n) is 2.07. The zero-order valence-corrected chi connectivity index (χ0v) is 7.57. The Morgan fingerprint density at radius 3 is 2.77 bits per heavy atom. The van der Waals surface area contributed by atoms with E-state index in [2.05, 4.69) is 0 Å². The summed E-state index contributed by atoms with van der Waals surface area (Å²) in [5.41, 5.74) is 6.16. The van der Waals surface area contributed by atoms with Crippen LogP contribution in [0.2, 0.25) is 0 Å². The van der Waals surface area contributed by atoms with Crippen LogP contribution in [0.5, 0.6) is 0 Å². The van der Waals surface area contributed by atoms with Gasteiger partial charge in [-0.2, -0.15) is 0 Å². The van der Waals surface area contributed by atoms with E-state index in [9.17, 15) is 9.50 Å². The number of aliphatic hydroxyl groups excluding tert-OH is 1. The van der Waals surface area contributed by atoms with E-state index < -0.39 is 6.10 Å². The molecule has 0 spiro atoms. The first-order valence-corrected chi connectivity index (χ1v) is 4.34. The van der Waals surface area contributed by atoms with Crippen LogP contribution in [-0.4, -0.2) is 11.1 Å². The summed E-state index contributed by atoms with van der Waals surface area (Å²) in [7, 11) is 0. The summed E-state index contributed by atoms with van der Waals surface area (Å²) in [5.74, 6) is -0.347. The average molecular weight is 183 g/mol. The van der Waals surface area contributed by atoms with E-state index in [4.69, 9.17) is 5.73 Å². The van der Waals surface area contributed by atoms with Crippen LogP contribution in [0, 0.1) is 5.82 Å². The molecule has 0 aliphatic rings. The van der Waals surface area contributed by atoms with Crippen LogP contribution in [0.15, 0.2) is 24.3 Å². The number of rotatable bonds is 3. The van der Waals surface area contributed by atoms with Crippen molar-refractivity contribution in [3.8, 4) is 0 Å². The van der Waals surface area contributed by atoms with E-state index in [1.54, 1.807) is 12.1 Å². The van der Waals surface area contributed by atoms with Crippen molar-refractivity contribution in [1.82, 2.24) is 0 Å². The Hall–Kier alpha value is -0.930. The molecule has 0 radical (unpaired) electrons. The van der Waals surface area contributed by atoms with Gasteiger partial charge in [0.05, 0.1) is 6.10 Å². The van der Waals surface area contributed by atoms with Crippen molar-refractivity contribution in [2.24, 2.45) is 5.73 Å². The van der Waals surface area contributed by atoms with Gasteiger partial charge in [-0.3, -0.25) is 0 Å². The molecule has 0 aliphatic heterocycles. The second-order valence-corrected chi connectivity index (χ2v) is 3.07. The van der Waals surface area contributed by atoms with E-state index in [1.165, 1.54) is 12.1 Å². The Bertz CT molecular complexity index is 277. The maximum atomic E-state index is 12.7. The predicted molar refractivity (Wildman–Crippen MR) is 49.6 cm³/mol. The van der Waals surface area contributed by atoms with Gasteiger partial charge in [0.2, 0.25) is 0 Å². The lowest BCUT2D eigenvalue weighted by molar-refractivity contribution is 0.144. The minimum absolute atomic E-state index is 0.332. The molecule has 2 nitrogen and oxygen atoms in total. The Balaban J connectivity index is 2.82. The first kappa shape index (κ1) is 10.2. The summed E-state index contributed by atoms with van der Waals surface area (Å²) in [5, 5.41) is 9.62. The first-order chi connectivity index (χ1) is 6.15. The Kier molecular flexibility index (Phi) is 3.39. The first-order valence-electron chi connectivity index (χ1n) is 4.34. The lowest BCUT2D eigenvalue weighted by atomic mass is 10.0. The van der Waals surface area contributed by atoms with Crippen molar-refractivity contribution in [2.45, 2.75) is 25.5 Å². The molecule has 0 aromatic heterocycles. The molecule has 1 aromatic carbocycles. The van der Waals surface area contributed by atoms with Gasteiger partial charge in [-0.25, -0.2) is 4.39 Å². The standard InChI is InChI=1S/C10H14FNO/c1-2-9(12)10(13)7-4-3-5-8(11)6-7/h3-6,9-10,13H,2,12H2,1H3/t9-,10-/m0/s1. The van der Waals surface area contributed by atoms with Gasteiger partial charge >= 0.3 is 0 Å². The monoisotopic (exact) mass is 183 g/mol. The highest BCUT2D eigenvalue weighted by atomic mass is 19.1. The lowest BCUT2D eigenvalue weighted by Gasteiger charge is -2.17. The van der Waals surface area contributed by atoms with Crippen LogP contribution in [0.25, 0.3) is 0 Å². The maximum Gasteiger partial charge on any atom is 0.123 e. The second-order valence-electron chi connectivity index (χ2n) is 3.07. The van der Waals surface area contributed by atoms with Gasteiger partial charge < -0.3 is 10.8 Å². The number of halogens is 1. The van der Waals surface area contributed by atoms with Crippen LogP contribution in [0.1, 0.15) is 25.0 Å². The van der Waals surface area contributed by atoms with E-state index in [0.29, 0.717) is 12.0 Å². The van der Waals surface area contributed by atoms with Gasteiger partial charge in [0.15, 0.2) is 0 Å². The van der Waals surface area contributed by atoms with Gasteiger partial charge in [0, 0.05) is 6.04 Å². The minimum Gasteiger partial charge on any atom is -0.387 e. The van der Waals surface area contributed by atoms with Gasteiger partial charge in [0.1, 0.15) is 5.82 Å². The van der Waals surface area contributed by atoms with Crippen molar-refractivity contribution >= 4 is 0 Å². The van der Waals surface area contributed by atoms with Crippen molar-refractivity contribution < 1.29 is 9.50 Å². The maximum absolute atomic E-state index is 12.7. The average Bonchev–Trinajstić information content (AvgIpc) is 2.15. The van der Waals surface area contributed by atoms with E-state index in [1.807, 2.05) is 6.92 Å². The normalized spacial score (nSPS) is 15.4. The second kappa shape index (κ2) is 4.35. The van der Waals surface area contributed by atoms with Gasteiger partial charge in [0.25, 0.3) is 0 Å². The Morgan fingerprint density at radius 1 is 1.54 bits per heavy atom. The SMILES string of the molecule is CC[C@H](N)[C@@H](O)c1cccc(F)c1. The van der Waals surface area contributed by atoms with Crippen molar-refractivity contribution in [3.05, 3.63) is 35.6 Å². The van der Waals surface area contributed by atoms with Crippen LogP contribution >= 0.6 is 0 Å². The highest BCUT2D eigenvalue weighted by Crippen LogP contribution is 2.17. The number of hydrogen-bond donors (Lipinski definition) is 2. The molecule has 1 aromatic rings. The lowest BCUT2D eigenvalue weighted by Crippen LogP contribution is -2.27. The molecule has 0 heterocycles. The summed E-state index contributed by atoms with van der Waals surface area (Å²) >= 11 is 0. The number of nitrogens with two attached hydrogens (primary N) is 1. The van der Waals surface area contributed by atoms with Gasteiger partial charge in [-0.05, 0) is 24.1 Å². The Morgan fingerprint density at radius 2 is 2.23 bits per heavy atom. The third kappa shape index (κ3) is 2.50. The molecule has 72 valence electrons. The molecule has 0 unspecified atom stereocenters. The highest BCUT2D eigenvalue weighted by molar-refractivity contribution is 5.19. The quantitative estimate of drug-likeness (QED) is 0.747. The molecule has 0 fully saturated rings. The summed E-state index contributed by atoms with van der Waals surface area (Å²) in [4.78, 5) is 0. The van der Waals surface area contributed by atoms with Crippen LogP contribution in [0.3, 0.4) is 0 Å². The smallest absolute Gasteiger partial charge is 0.123 e. The fraction of sp³-hybridized carbons (Fsp3) is 0.400. The molecular formula is C10H14FNO. The topological polar surface area (TPSA) is 46.2 Å². The van der Waals surface area contributed by atoms with Crippen LogP contribution in [0.4, 0.5) is 4.39 Å². The summed E-state index contributed by atoms with van der Waals surface area (Å²) < 4.78 is 12.7. The zero-order valence-electron chi connectivity index (χ0n) is 7.57. The highest BCUT2D eigenvalue weighted by Gasteiger charge is 2.14. The molecule has 2 atom stereocenters.